The number of aromatic nitrogens is 2. The van der Waals surface area contributed by atoms with Gasteiger partial charge in [0.2, 0.25) is 17.7 Å². The smallest absolute Gasteiger partial charge is 0.269 e. The summed E-state index contributed by atoms with van der Waals surface area (Å²) < 4.78 is 10.9. The van der Waals surface area contributed by atoms with Crippen molar-refractivity contribution in [2.75, 3.05) is 12.4 Å². The number of non-ortho nitro benzene ring substituents is 1. The topological polar surface area (TPSA) is 120 Å². The van der Waals surface area contributed by atoms with E-state index < -0.39 is 4.92 Å². The van der Waals surface area contributed by atoms with Gasteiger partial charge >= 0.3 is 0 Å². The molecule has 0 bridgehead atoms. The number of anilines is 1. The molecule has 1 heterocycles. The van der Waals surface area contributed by atoms with Crippen LogP contribution in [0.15, 0.2) is 77.2 Å². The Hall–Kier alpha value is -4.53. The number of amides is 1. The highest BCUT2D eigenvalue weighted by Crippen LogP contribution is 2.26. The Morgan fingerprint density at radius 2 is 1.50 bits per heavy atom. The second-order valence-electron chi connectivity index (χ2n) is 6.87. The molecule has 0 fully saturated rings. The summed E-state index contributed by atoms with van der Waals surface area (Å²) >= 11 is 0. The molecule has 0 atom stereocenters. The van der Waals surface area contributed by atoms with Crippen LogP contribution in [0.1, 0.15) is 5.56 Å². The number of ether oxygens (including phenoxy) is 1. The van der Waals surface area contributed by atoms with Gasteiger partial charge in [0.1, 0.15) is 5.75 Å². The van der Waals surface area contributed by atoms with Gasteiger partial charge in [-0.3, -0.25) is 14.9 Å². The predicted molar refractivity (Wildman–Crippen MR) is 117 cm³/mol. The first kappa shape index (κ1) is 20.7. The monoisotopic (exact) mass is 430 g/mol. The van der Waals surface area contributed by atoms with Crippen molar-refractivity contribution in [2.24, 2.45) is 0 Å². The molecule has 1 N–H and O–H groups in total. The summed E-state index contributed by atoms with van der Waals surface area (Å²) in [6, 6.07) is 20.2. The Morgan fingerprint density at radius 3 is 2.03 bits per heavy atom. The number of rotatable bonds is 7. The largest absolute Gasteiger partial charge is 0.497 e. The highest BCUT2D eigenvalue weighted by atomic mass is 16.6. The van der Waals surface area contributed by atoms with E-state index in [0.29, 0.717) is 28.6 Å². The molecule has 0 aliphatic carbocycles. The van der Waals surface area contributed by atoms with Gasteiger partial charge in [0.15, 0.2) is 0 Å². The maximum absolute atomic E-state index is 12.3. The number of nitrogens with zero attached hydrogens (tertiary/aromatic N) is 3. The summed E-state index contributed by atoms with van der Waals surface area (Å²) in [7, 11) is 1.60. The van der Waals surface area contributed by atoms with E-state index in [9.17, 15) is 14.9 Å². The lowest BCUT2D eigenvalue weighted by atomic mass is 10.1. The van der Waals surface area contributed by atoms with Crippen molar-refractivity contribution in [3.63, 3.8) is 0 Å². The summed E-state index contributed by atoms with van der Waals surface area (Å²) in [4.78, 5) is 22.5. The molecule has 9 heteroatoms. The third-order valence-corrected chi connectivity index (χ3v) is 4.69. The van der Waals surface area contributed by atoms with Crippen LogP contribution in [-0.4, -0.2) is 28.1 Å². The van der Waals surface area contributed by atoms with E-state index in [1.54, 1.807) is 43.5 Å². The predicted octanol–water partition coefficient (Wildman–Crippen LogP) is 4.50. The standard InChI is InChI=1S/C23H18N4O5/c1-31-20-12-6-17(7-13-20)23-26-25-22(32-23)16-4-8-18(9-5-16)24-21(28)14-15-2-10-19(11-3-15)27(29)30/h2-13H,14H2,1H3,(H,24,28). The van der Waals surface area contributed by atoms with E-state index in [1.807, 2.05) is 24.3 Å². The van der Waals surface area contributed by atoms with Gasteiger partial charge in [0.05, 0.1) is 18.5 Å². The first-order valence-electron chi connectivity index (χ1n) is 9.63. The maximum Gasteiger partial charge on any atom is 0.269 e. The fourth-order valence-corrected chi connectivity index (χ4v) is 3.01. The van der Waals surface area contributed by atoms with Crippen molar-refractivity contribution in [1.82, 2.24) is 10.2 Å². The van der Waals surface area contributed by atoms with Crippen LogP contribution in [0, 0.1) is 10.1 Å². The number of carbonyl (C=O) groups is 1. The molecule has 0 saturated carbocycles. The van der Waals surface area contributed by atoms with Gasteiger partial charge in [0, 0.05) is 28.9 Å². The Bertz CT molecular complexity index is 1230. The number of nitro benzene ring substituents is 1. The maximum atomic E-state index is 12.3. The SMILES string of the molecule is COc1ccc(-c2nnc(-c3ccc(NC(=O)Cc4ccc([N+](=O)[O-])cc4)cc3)o2)cc1. The molecule has 0 aliphatic heterocycles. The van der Waals surface area contributed by atoms with Gasteiger partial charge in [-0.05, 0) is 54.1 Å². The van der Waals surface area contributed by atoms with Crippen LogP contribution < -0.4 is 10.1 Å². The number of nitro groups is 1. The molecule has 0 spiro atoms. The van der Waals surface area contributed by atoms with Gasteiger partial charge in [-0.25, -0.2) is 0 Å². The van der Waals surface area contributed by atoms with Crippen LogP contribution >= 0.6 is 0 Å². The van der Waals surface area contributed by atoms with Crippen LogP contribution in [0.4, 0.5) is 11.4 Å². The molecule has 0 radical (unpaired) electrons. The van der Waals surface area contributed by atoms with E-state index in [1.165, 1.54) is 12.1 Å². The summed E-state index contributed by atoms with van der Waals surface area (Å²) in [5, 5.41) is 21.7. The van der Waals surface area contributed by atoms with Crippen molar-refractivity contribution >= 4 is 17.3 Å². The average Bonchev–Trinajstić information content (AvgIpc) is 3.30. The van der Waals surface area contributed by atoms with Crippen LogP contribution in [0.5, 0.6) is 5.75 Å². The molecule has 0 saturated heterocycles. The highest BCUT2D eigenvalue weighted by Gasteiger charge is 2.12. The first-order valence-corrected chi connectivity index (χ1v) is 9.63. The summed E-state index contributed by atoms with van der Waals surface area (Å²) in [6.07, 6.45) is 0.106. The number of benzene rings is 3. The van der Waals surface area contributed by atoms with Crippen LogP contribution in [-0.2, 0) is 11.2 Å². The fourth-order valence-electron chi connectivity index (χ4n) is 3.01. The molecule has 32 heavy (non-hydrogen) atoms. The molecule has 0 unspecified atom stereocenters. The minimum Gasteiger partial charge on any atom is -0.497 e. The lowest BCUT2D eigenvalue weighted by Crippen LogP contribution is -2.14. The van der Waals surface area contributed by atoms with Gasteiger partial charge in [-0.2, -0.15) is 0 Å². The van der Waals surface area contributed by atoms with Gasteiger partial charge in [0.25, 0.3) is 5.69 Å². The molecular formula is C23H18N4O5. The second-order valence-corrected chi connectivity index (χ2v) is 6.87. The average molecular weight is 430 g/mol. The second kappa shape index (κ2) is 9.09. The molecule has 3 aromatic carbocycles. The normalized spacial score (nSPS) is 10.5. The van der Waals surface area contributed by atoms with Crippen LogP contribution in [0.25, 0.3) is 22.9 Å². The van der Waals surface area contributed by atoms with E-state index in [0.717, 1.165) is 11.3 Å². The zero-order valence-corrected chi connectivity index (χ0v) is 17.0. The van der Waals surface area contributed by atoms with Crippen molar-refractivity contribution in [3.8, 4) is 28.7 Å². The molecule has 4 aromatic rings. The minimum atomic E-state index is -0.477. The van der Waals surface area contributed by atoms with Crippen molar-refractivity contribution in [2.45, 2.75) is 6.42 Å². The fraction of sp³-hybridized carbons (Fsp3) is 0.0870. The van der Waals surface area contributed by atoms with Gasteiger partial charge < -0.3 is 14.5 Å². The lowest BCUT2D eigenvalue weighted by Gasteiger charge is -2.06. The van der Waals surface area contributed by atoms with Crippen LogP contribution in [0.3, 0.4) is 0 Å². The Labute approximate surface area is 182 Å². The third kappa shape index (κ3) is 4.78. The Kier molecular flexibility index (Phi) is 5.89. The van der Waals surface area contributed by atoms with Crippen molar-refractivity contribution in [1.29, 1.82) is 0 Å². The first-order chi connectivity index (χ1) is 15.5. The van der Waals surface area contributed by atoms with Gasteiger partial charge in [-0.15, -0.1) is 10.2 Å². The van der Waals surface area contributed by atoms with E-state index >= 15 is 0 Å². The molecule has 9 nitrogen and oxygen atoms in total. The quantitative estimate of drug-likeness (QED) is 0.338. The summed E-state index contributed by atoms with van der Waals surface area (Å²) in [5.74, 6) is 1.26. The number of nitrogens with one attached hydrogen (secondary N) is 1. The number of hydrogen-bond donors (Lipinski definition) is 1. The van der Waals surface area contributed by atoms with Crippen molar-refractivity contribution in [3.05, 3.63) is 88.5 Å². The number of methoxy groups -OCH3 is 1. The van der Waals surface area contributed by atoms with Crippen LogP contribution in [0.2, 0.25) is 0 Å². The molecule has 1 amide bonds. The number of carbonyl (C=O) groups excluding carboxylic acids is 1. The zero-order chi connectivity index (χ0) is 22.5. The Balaban J connectivity index is 1.39. The Morgan fingerprint density at radius 1 is 0.938 bits per heavy atom. The molecule has 160 valence electrons. The van der Waals surface area contributed by atoms with E-state index in [4.69, 9.17) is 9.15 Å². The molecule has 0 aliphatic rings. The summed E-state index contributed by atoms with van der Waals surface area (Å²) in [5.41, 5.74) is 2.77. The molecular weight excluding hydrogens is 412 g/mol. The lowest BCUT2D eigenvalue weighted by molar-refractivity contribution is -0.384. The molecule has 1 aromatic heterocycles. The number of hydrogen-bond acceptors (Lipinski definition) is 7. The third-order valence-electron chi connectivity index (χ3n) is 4.69. The summed E-state index contributed by atoms with van der Waals surface area (Å²) in [6.45, 7) is 0. The van der Waals surface area contributed by atoms with Crippen molar-refractivity contribution < 1.29 is 18.9 Å². The van der Waals surface area contributed by atoms with E-state index in [2.05, 4.69) is 15.5 Å². The highest BCUT2D eigenvalue weighted by molar-refractivity contribution is 5.92. The van der Waals surface area contributed by atoms with E-state index in [-0.39, 0.29) is 18.0 Å². The minimum absolute atomic E-state index is 0.0130. The zero-order valence-electron chi connectivity index (χ0n) is 17.0. The van der Waals surface area contributed by atoms with Gasteiger partial charge in [-0.1, -0.05) is 12.1 Å². The molecule has 4 rings (SSSR count).